The Morgan fingerprint density at radius 3 is 2.74 bits per heavy atom. The highest BCUT2D eigenvalue weighted by Crippen LogP contribution is 2.42. The van der Waals surface area contributed by atoms with Gasteiger partial charge >= 0.3 is 0 Å². The molecule has 1 spiro atoms. The fourth-order valence-corrected chi connectivity index (χ4v) is 3.89. The summed E-state index contributed by atoms with van der Waals surface area (Å²) < 4.78 is 6.02. The van der Waals surface area contributed by atoms with E-state index >= 15 is 0 Å². The quantitative estimate of drug-likeness (QED) is 0.833. The van der Waals surface area contributed by atoms with Crippen LogP contribution in [-0.4, -0.2) is 55.6 Å². The van der Waals surface area contributed by atoms with Crippen molar-refractivity contribution in [1.29, 1.82) is 0 Å². The summed E-state index contributed by atoms with van der Waals surface area (Å²) in [6, 6.07) is 0. The number of Topliss-reactive ketones (excluding diaryl/α,β-unsaturated/α-hetero) is 1. The zero-order chi connectivity index (χ0) is 13.1. The highest BCUT2D eigenvalue weighted by molar-refractivity contribution is 5.83. The minimum atomic E-state index is 0.0715. The van der Waals surface area contributed by atoms with E-state index in [0.717, 1.165) is 45.6 Å². The van der Waals surface area contributed by atoms with E-state index in [2.05, 4.69) is 10.2 Å². The minimum absolute atomic E-state index is 0.0715. The summed E-state index contributed by atoms with van der Waals surface area (Å²) in [6.07, 6.45) is 6.82. The summed E-state index contributed by atoms with van der Waals surface area (Å²) in [5.74, 6) is 0.707. The lowest BCUT2D eigenvalue weighted by atomic mass is 9.82. The van der Waals surface area contributed by atoms with E-state index in [1.54, 1.807) is 0 Å². The van der Waals surface area contributed by atoms with E-state index in [0.29, 0.717) is 12.3 Å². The van der Waals surface area contributed by atoms with Crippen LogP contribution in [0.2, 0.25) is 0 Å². The van der Waals surface area contributed by atoms with Crippen LogP contribution in [0, 0.1) is 5.92 Å². The molecular formula is C15H26N2O2. The molecule has 108 valence electrons. The molecule has 1 atom stereocenters. The van der Waals surface area contributed by atoms with Crippen LogP contribution >= 0.6 is 0 Å². The molecule has 2 saturated heterocycles. The standard InChI is InChI=1S/C15H26N2O2/c18-14(12-17-8-6-16-7-9-17)13-3-10-19-15(11-13)4-1-2-5-15/h13,16H,1-12H2. The maximum absolute atomic E-state index is 12.5. The Morgan fingerprint density at radius 1 is 1.26 bits per heavy atom. The number of carbonyl (C=O) groups excluding carboxylic acids is 1. The first kappa shape index (κ1) is 13.5. The number of ketones is 1. The number of hydrogen-bond donors (Lipinski definition) is 1. The Bertz CT molecular complexity index is 320. The lowest BCUT2D eigenvalue weighted by Crippen LogP contribution is -2.48. The normalized spacial score (nSPS) is 31.7. The molecule has 2 aliphatic heterocycles. The largest absolute Gasteiger partial charge is 0.375 e. The van der Waals surface area contributed by atoms with Crippen molar-refractivity contribution < 1.29 is 9.53 Å². The first-order valence-corrected chi connectivity index (χ1v) is 7.87. The average Bonchev–Trinajstić information content (AvgIpc) is 2.88. The molecule has 4 nitrogen and oxygen atoms in total. The van der Waals surface area contributed by atoms with Crippen LogP contribution in [-0.2, 0) is 9.53 Å². The molecule has 19 heavy (non-hydrogen) atoms. The average molecular weight is 266 g/mol. The van der Waals surface area contributed by atoms with Gasteiger partial charge in [-0.05, 0) is 25.7 Å². The van der Waals surface area contributed by atoms with Crippen LogP contribution in [0.3, 0.4) is 0 Å². The fourth-order valence-electron chi connectivity index (χ4n) is 3.89. The van der Waals surface area contributed by atoms with Crippen LogP contribution in [0.1, 0.15) is 38.5 Å². The maximum atomic E-state index is 12.5. The summed E-state index contributed by atoms with van der Waals surface area (Å²) in [5.41, 5.74) is 0.0715. The molecular weight excluding hydrogens is 240 g/mol. The third kappa shape index (κ3) is 3.18. The molecule has 1 unspecified atom stereocenters. The molecule has 0 aromatic heterocycles. The molecule has 3 rings (SSSR count). The second kappa shape index (κ2) is 5.90. The van der Waals surface area contributed by atoms with Gasteiger partial charge in [0, 0.05) is 38.7 Å². The van der Waals surface area contributed by atoms with Gasteiger partial charge in [-0.3, -0.25) is 9.69 Å². The van der Waals surface area contributed by atoms with E-state index < -0.39 is 0 Å². The van der Waals surface area contributed by atoms with Gasteiger partial charge in [0.25, 0.3) is 0 Å². The third-order valence-electron chi connectivity index (χ3n) is 5.05. The molecule has 0 radical (unpaired) electrons. The molecule has 0 amide bonds. The highest BCUT2D eigenvalue weighted by atomic mass is 16.5. The summed E-state index contributed by atoms with van der Waals surface area (Å²) in [7, 11) is 0. The highest BCUT2D eigenvalue weighted by Gasteiger charge is 2.41. The molecule has 1 aliphatic carbocycles. The summed E-state index contributed by atoms with van der Waals surface area (Å²) in [4.78, 5) is 14.8. The summed E-state index contributed by atoms with van der Waals surface area (Å²) in [6.45, 7) is 5.51. The molecule has 3 aliphatic rings. The molecule has 2 heterocycles. The van der Waals surface area contributed by atoms with Gasteiger partial charge in [0.05, 0.1) is 12.1 Å². The Kier molecular flexibility index (Phi) is 4.20. The molecule has 0 aromatic rings. The van der Waals surface area contributed by atoms with Gasteiger partial charge in [0.15, 0.2) is 0 Å². The Labute approximate surface area is 115 Å². The van der Waals surface area contributed by atoms with Crippen LogP contribution in [0.15, 0.2) is 0 Å². The minimum Gasteiger partial charge on any atom is -0.375 e. The van der Waals surface area contributed by atoms with Crippen molar-refractivity contribution in [2.45, 2.75) is 44.1 Å². The van der Waals surface area contributed by atoms with Crippen molar-refractivity contribution in [2.75, 3.05) is 39.3 Å². The number of nitrogens with one attached hydrogen (secondary N) is 1. The zero-order valence-corrected chi connectivity index (χ0v) is 11.8. The van der Waals surface area contributed by atoms with Crippen molar-refractivity contribution >= 4 is 5.78 Å². The van der Waals surface area contributed by atoms with Crippen molar-refractivity contribution in [3.8, 4) is 0 Å². The number of carbonyl (C=O) groups is 1. The monoisotopic (exact) mass is 266 g/mol. The number of ether oxygens (including phenoxy) is 1. The van der Waals surface area contributed by atoms with Gasteiger partial charge in [0.2, 0.25) is 0 Å². The smallest absolute Gasteiger partial charge is 0.150 e. The van der Waals surface area contributed by atoms with Gasteiger partial charge in [-0.2, -0.15) is 0 Å². The number of rotatable bonds is 3. The second-order valence-corrected chi connectivity index (χ2v) is 6.42. The van der Waals surface area contributed by atoms with E-state index in [9.17, 15) is 4.79 Å². The molecule has 0 bridgehead atoms. The van der Waals surface area contributed by atoms with E-state index in [1.807, 2.05) is 0 Å². The SMILES string of the molecule is O=C(CN1CCNCC1)C1CCOC2(CCCC2)C1. The van der Waals surface area contributed by atoms with Crippen LogP contribution < -0.4 is 5.32 Å². The lowest BCUT2D eigenvalue weighted by Gasteiger charge is -2.38. The molecule has 4 heteroatoms. The van der Waals surface area contributed by atoms with E-state index in [-0.39, 0.29) is 11.5 Å². The van der Waals surface area contributed by atoms with Crippen molar-refractivity contribution in [3.63, 3.8) is 0 Å². The lowest BCUT2D eigenvalue weighted by molar-refractivity contribution is -0.137. The van der Waals surface area contributed by atoms with Crippen molar-refractivity contribution in [3.05, 3.63) is 0 Å². The zero-order valence-electron chi connectivity index (χ0n) is 11.8. The number of piperazine rings is 1. The number of hydrogen-bond acceptors (Lipinski definition) is 4. The molecule has 0 aromatic carbocycles. The van der Waals surface area contributed by atoms with E-state index in [4.69, 9.17) is 4.74 Å². The molecule has 1 N–H and O–H groups in total. The maximum Gasteiger partial charge on any atom is 0.150 e. The fraction of sp³-hybridized carbons (Fsp3) is 0.933. The first-order chi connectivity index (χ1) is 9.27. The van der Waals surface area contributed by atoms with Crippen LogP contribution in [0.4, 0.5) is 0 Å². The van der Waals surface area contributed by atoms with Crippen molar-refractivity contribution in [2.24, 2.45) is 5.92 Å². The topological polar surface area (TPSA) is 41.6 Å². The van der Waals surface area contributed by atoms with Gasteiger partial charge < -0.3 is 10.1 Å². The van der Waals surface area contributed by atoms with Crippen LogP contribution in [0.5, 0.6) is 0 Å². The predicted molar refractivity (Wildman–Crippen MR) is 74.2 cm³/mol. The second-order valence-electron chi connectivity index (χ2n) is 6.42. The number of nitrogens with zero attached hydrogens (tertiary/aromatic N) is 1. The van der Waals surface area contributed by atoms with Gasteiger partial charge in [-0.25, -0.2) is 0 Å². The molecule has 3 fully saturated rings. The Hall–Kier alpha value is -0.450. The third-order valence-corrected chi connectivity index (χ3v) is 5.05. The first-order valence-electron chi connectivity index (χ1n) is 7.87. The Morgan fingerprint density at radius 2 is 2.00 bits per heavy atom. The van der Waals surface area contributed by atoms with E-state index in [1.165, 1.54) is 25.7 Å². The van der Waals surface area contributed by atoms with Gasteiger partial charge in [0.1, 0.15) is 5.78 Å². The van der Waals surface area contributed by atoms with Crippen LogP contribution in [0.25, 0.3) is 0 Å². The Balaban J connectivity index is 1.54. The summed E-state index contributed by atoms with van der Waals surface area (Å²) in [5, 5.41) is 3.33. The summed E-state index contributed by atoms with van der Waals surface area (Å²) >= 11 is 0. The van der Waals surface area contributed by atoms with Gasteiger partial charge in [-0.1, -0.05) is 12.8 Å². The van der Waals surface area contributed by atoms with Crippen molar-refractivity contribution in [1.82, 2.24) is 10.2 Å². The predicted octanol–water partition coefficient (Wildman–Crippen LogP) is 1.20. The molecule has 1 saturated carbocycles. The van der Waals surface area contributed by atoms with Gasteiger partial charge in [-0.15, -0.1) is 0 Å².